The van der Waals surface area contributed by atoms with Gasteiger partial charge in [-0.15, -0.1) is 0 Å². The molecule has 1 aromatic carbocycles. The molecule has 0 spiro atoms. The number of aromatic nitrogens is 2. The monoisotopic (exact) mass is 339 g/mol. The molecule has 0 aliphatic rings. The number of benzene rings is 1. The van der Waals surface area contributed by atoms with E-state index < -0.39 is 0 Å². The zero-order chi connectivity index (χ0) is 14.5. The number of nitrogens with zero attached hydrogens (tertiary/aromatic N) is 2. The maximum atomic E-state index is 13.0. The van der Waals surface area contributed by atoms with Gasteiger partial charge in [-0.3, -0.25) is 4.68 Å². The first-order valence-corrected chi connectivity index (χ1v) is 7.51. The molecule has 0 aliphatic heterocycles. The van der Waals surface area contributed by atoms with Crippen LogP contribution < -0.4 is 5.32 Å². The van der Waals surface area contributed by atoms with Crippen molar-refractivity contribution >= 4 is 15.9 Å². The first kappa shape index (κ1) is 15.2. The van der Waals surface area contributed by atoms with Gasteiger partial charge in [0.15, 0.2) is 0 Å². The van der Waals surface area contributed by atoms with E-state index in [0.29, 0.717) is 0 Å². The fourth-order valence-corrected chi connectivity index (χ4v) is 2.63. The molecule has 2 aromatic rings. The van der Waals surface area contributed by atoms with Crippen LogP contribution in [0.3, 0.4) is 0 Å². The van der Waals surface area contributed by atoms with Crippen molar-refractivity contribution < 1.29 is 4.39 Å². The molecule has 3 nitrogen and oxygen atoms in total. The highest BCUT2D eigenvalue weighted by Gasteiger charge is 2.02. The molecule has 20 heavy (non-hydrogen) atoms. The van der Waals surface area contributed by atoms with E-state index >= 15 is 0 Å². The van der Waals surface area contributed by atoms with Crippen LogP contribution in [0.2, 0.25) is 0 Å². The molecule has 1 heterocycles. The Kier molecular flexibility index (Phi) is 5.31. The van der Waals surface area contributed by atoms with E-state index in [1.54, 1.807) is 6.07 Å². The van der Waals surface area contributed by atoms with Crippen LogP contribution in [0.1, 0.15) is 23.4 Å². The van der Waals surface area contributed by atoms with Crippen LogP contribution in [0.15, 0.2) is 28.7 Å². The molecule has 1 aromatic heterocycles. The van der Waals surface area contributed by atoms with Crippen LogP contribution in [0, 0.1) is 19.7 Å². The predicted octanol–water partition coefficient (Wildman–Crippen LogP) is 3.58. The van der Waals surface area contributed by atoms with Crippen molar-refractivity contribution in [2.45, 2.75) is 33.4 Å². The SMILES string of the molecule is Cc1cc(C)n(CCCNCc2ccc(F)cc2Br)n1. The minimum atomic E-state index is -0.217. The molecular weight excluding hydrogens is 321 g/mol. The van der Waals surface area contributed by atoms with Gasteiger partial charge in [-0.25, -0.2) is 4.39 Å². The highest BCUT2D eigenvalue weighted by Crippen LogP contribution is 2.17. The zero-order valence-corrected chi connectivity index (χ0v) is 13.4. The Morgan fingerprint density at radius 1 is 1.30 bits per heavy atom. The Bertz CT molecular complexity index is 580. The van der Waals surface area contributed by atoms with E-state index in [-0.39, 0.29) is 5.82 Å². The summed E-state index contributed by atoms with van der Waals surface area (Å²) in [5, 5.41) is 7.79. The summed E-state index contributed by atoms with van der Waals surface area (Å²) in [6.45, 7) is 6.63. The molecule has 0 saturated heterocycles. The van der Waals surface area contributed by atoms with Crippen LogP contribution >= 0.6 is 15.9 Å². The molecule has 0 saturated carbocycles. The third-order valence-electron chi connectivity index (χ3n) is 3.16. The number of nitrogens with one attached hydrogen (secondary N) is 1. The average Bonchev–Trinajstić information content (AvgIpc) is 2.70. The average molecular weight is 340 g/mol. The molecule has 1 N–H and O–H groups in total. The van der Waals surface area contributed by atoms with Crippen molar-refractivity contribution in [3.63, 3.8) is 0 Å². The van der Waals surface area contributed by atoms with Gasteiger partial charge in [0.05, 0.1) is 5.69 Å². The summed E-state index contributed by atoms with van der Waals surface area (Å²) in [4.78, 5) is 0. The smallest absolute Gasteiger partial charge is 0.124 e. The maximum Gasteiger partial charge on any atom is 0.124 e. The van der Waals surface area contributed by atoms with Gasteiger partial charge in [0, 0.05) is 23.3 Å². The molecule has 5 heteroatoms. The third-order valence-corrected chi connectivity index (χ3v) is 3.90. The van der Waals surface area contributed by atoms with Crippen molar-refractivity contribution in [1.29, 1.82) is 0 Å². The summed E-state index contributed by atoms with van der Waals surface area (Å²) in [6.07, 6.45) is 1.01. The molecule has 108 valence electrons. The minimum absolute atomic E-state index is 0.217. The molecule has 0 bridgehead atoms. The maximum absolute atomic E-state index is 13.0. The lowest BCUT2D eigenvalue weighted by molar-refractivity contribution is 0.531. The molecule has 2 rings (SSSR count). The lowest BCUT2D eigenvalue weighted by atomic mass is 10.2. The summed E-state index contributed by atoms with van der Waals surface area (Å²) < 4.78 is 15.8. The Labute approximate surface area is 127 Å². The summed E-state index contributed by atoms with van der Waals surface area (Å²) in [5.41, 5.74) is 3.33. The topological polar surface area (TPSA) is 29.9 Å². The Morgan fingerprint density at radius 3 is 2.75 bits per heavy atom. The Hall–Kier alpha value is -1.20. The van der Waals surface area contributed by atoms with Crippen molar-refractivity contribution in [2.24, 2.45) is 0 Å². The van der Waals surface area contributed by atoms with E-state index in [9.17, 15) is 4.39 Å². The van der Waals surface area contributed by atoms with Gasteiger partial charge < -0.3 is 5.32 Å². The predicted molar refractivity (Wildman–Crippen MR) is 82.1 cm³/mol. The number of hydrogen-bond acceptors (Lipinski definition) is 2. The quantitative estimate of drug-likeness (QED) is 0.815. The number of aryl methyl sites for hydroxylation is 3. The van der Waals surface area contributed by atoms with Crippen LogP contribution in [-0.2, 0) is 13.1 Å². The number of halogens is 2. The van der Waals surface area contributed by atoms with Crippen LogP contribution in [0.4, 0.5) is 4.39 Å². The van der Waals surface area contributed by atoms with Gasteiger partial charge in [0.2, 0.25) is 0 Å². The Balaban J connectivity index is 1.73. The first-order chi connectivity index (χ1) is 9.56. The van der Waals surface area contributed by atoms with E-state index in [4.69, 9.17) is 0 Å². The zero-order valence-electron chi connectivity index (χ0n) is 11.8. The highest BCUT2D eigenvalue weighted by molar-refractivity contribution is 9.10. The fraction of sp³-hybridized carbons (Fsp3) is 0.400. The van der Waals surface area contributed by atoms with E-state index in [1.165, 1.54) is 17.8 Å². The van der Waals surface area contributed by atoms with Crippen molar-refractivity contribution in [2.75, 3.05) is 6.54 Å². The summed E-state index contributed by atoms with van der Waals surface area (Å²) in [7, 11) is 0. The van der Waals surface area contributed by atoms with Crippen molar-refractivity contribution in [3.05, 3.63) is 51.5 Å². The molecule has 0 atom stereocenters. The minimum Gasteiger partial charge on any atom is -0.313 e. The second-order valence-corrected chi connectivity index (χ2v) is 5.77. The largest absolute Gasteiger partial charge is 0.313 e. The van der Waals surface area contributed by atoms with Gasteiger partial charge in [-0.05, 0) is 50.6 Å². The lowest BCUT2D eigenvalue weighted by Crippen LogP contribution is -2.17. The molecular formula is C15H19BrFN3. The van der Waals surface area contributed by atoms with Gasteiger partial charge in [-0.1, -0.05) is 22.0 Å². The first-order valence-electron chi connectivity index (χ1n) is 6.72. The molecule has 0 amide bonds. The second kappa shape index (κ2) is 6.99. The Morgan fingerprint density at radius 2 is 2.10 bits per heavy atom. The van der Waals surface area contributed by atoms with Gasteiger partial charge in [-0.2, -0.15) is 5.10 Å². The number of hydrogen-bond donors (Lipinski definition) is 1. The standard InChI is InChI=1S/C15H19BrFN3/c1-11-8-12(2)20(19-11)7-3-6-18-10-13-4-5-14(17)9-15(13)16/h4-5,8-9,18H,3,6-7,10H2,1-2H3. The fourth-order valence-electron chi connectivity index (χ4n) is 2.14. The summed E-state index contributed by atoms with van der Waals surface area (Å²) in [6, 6.07) is 6.86. The molecule has 0 unspecified atom stereocenters. The third kappa shape index (κ3) is 4.15. The van der Waals surface area contributed by atoms with Gasteiger partial charge >= 0.3 is 0 Å². The molecule has 0 radical (unpaired) electrons. The van der Waals surface area contributed by atoms with E-state index in [0.717, 1.165) is 41.8 Å². The normalized spacial score (nSPS) is 11.0. The van der Waals surface area contributed by atoms with Crippen molar-refractivity contribution in [1.82, 2.24) is 15.1 Å². The second-order valence-electron chi connectivity index (χ2n) is 4.92. The van der Waals surface area contributed by atoms with Crippen LogP contribution in [-0.4, -0.2) is 16.3 Å². The summed E-state index contributed by atoms with van der Waals surface area (Å²) in [5.74, 6) is -0.217. The molecule has 0 aliphatic carbocycles. The summed E-state index contributed by atoms with van der Waals surface area (Å²) >= 11 is 3.37. The van der Waals surface area contributed by atoms with E-state index in [1.807, 2.05) is 11.6 Å². The lowest BCUT2D eigenvalue weighted by Gasteiger charge is -2.08. The molecule has 0 fully saturated rings. The van der Waals surface area contributed by atoms with Gasteiger partial charge in [0.1, 0.15) is 5.82 Å². The number of rotatable bonds is 6. The van der Waals surface area contributed by atoms with Gasteiger partial charge in [0.25, 0.3) is 0 Å². The van der Waals surface area contributed by atoms with E-state index in [2.05, 4.69) is 39.3 Å². The highest BCUT2D eigenvalue weighted by atomic mass is 79.9. The van der Waals surface area contributed by atoms with Crippen LogP contribution in [0.5, 0.6) is 0 Å². The van der Waals surface area contributed by atoms with Crippen molar-refractivity contribution in [3.8, 4) is 0 Å². The van der Waals surface area contributed by atoms with Crippen LogP contribution in [0.25, 0.3) is 0 Å².